The van der Waals surface area contributed by atoms with Gasteiger partial charge < -0.3 is 4.74 Å². The number of aryl methyl sites for hydroxylation is 2. The Hall–Kier alpha value is -4.02. The van der Waals surface area contributed by atoms with Crippen molar-refractivity contribution in [1.82, 2.24) is 0 Å². The molecule has 6 rings (SSSR count). The summed E-state index contributed by atoms with van der Waals surface area (Å²) in [6.07, 6.45) is 8.38. The van der Waals surface area contributed by atoms with Gasteiger partial charge in [-0.15, -0.1) is 0 Å². The average Bonchev–Trinajstić information content (AvgIpc) is 3.04. The van der Waals surface area contributed by atoms with E-state index in [2.05, 4.69) is 168 Å². The van der Waals surface area contributed by atoms with Crippen LogP contribution in [0.3, 0.4) is 0 Å². The van der Waals surface area contributed by atoms with Gasteiger partial charge in [0.1, 0.15) is 11.5 Å². The van der Waals surface area contributed by atoms with E-state index in [9.17, 15) is 0 Å². The van der Waals surface area contributed by atoms with E-state index in [1.54, 1.807) is 0 Å². The Kier molecular flexibility index (Phi) is 9.05. The van der Waals surface area contributed by atoms with Crippen molar-refractivity contribution in [3.05, 3.63) is 174 Å². The zero-order chi connectivity index (χ0) is 31.6. The van der Waals surface area contributed by atoms with Crippen LogP contribution in [0.25, 0.3) is 0 Å². The van der Waals surface area contributed by atoms with Gasteiger partial charge in [-0.25, -0.2) is 0 Å². The first-order valence-corrected chi connectivity index (χ1v) is 18.2. The number of ether oxygens (including phenoxy) is 1. The van der Waals surface area contributed by atoms with Crippen molar-refractivity contribution in [3.8, 4) is 11.5 Å². The maximum atomic E-state index is 7.31. The molecule has 0 fully saturated rings. The zero-order valence-corrected chi connectivity index (χ0v) is 28.6. The monoisotopic (exact) mass is 622 g/mol. The molecule has 0 aliphatic carbocycles. The molecule has 1 heterocycles. The van der Waals surface area contributed by atoms with Gasteiger partial charge in [0.2, 0.25) is 0 Å². The van der Waals surface area contributed by atoms with Crippen LogP contribution in [-0.4, -0.2) is 0 Å². The second kappa shape index (κ2) is 13.1. The predicted molar refractivity (Wildman–Crippen MR) is 199 cm³/mol. The molecule has 1 aliphatic rings. The molecule has 0 saturated heterocycles. The standard InChI is InChI=1S/C42H40OP2/c1-7-8-10-21-32(4)44(36-26-15-13-19-30(36)2)38-28-17-24-34-40(38)43-41-35(42(34,5)6)25-18-29-39(41)45(33-22-11-9-12-23-33)37-27-16-14-20-31(37)3/h7-29H,4H2,1-3,5-6H3/b8-7-,21-10-/t44?,45-/m0/s1. The number of fused-ring (bicyclic) bond motifs is 2. The van der Waals surface area contributed by atoms with Crippen LogP contribution in [-0.2, 0) is 5.41 Å². The SMILES string of the molecule is C=C(/C=C\C=C/C)P(c1ccccc1C)c1cccc2c1Oc1c([P@@](c3ccccc3)c3ccccc3C)cccc1C2(C)C. The lowest BCUT2D eigenvalue weighted by Gasteiger charge is -2.38. The maximum absolute atomic E-state index is 7.31. The molecule has 45 heavy (non-hydrogen) atoms. The van der Waals surface area contributed by atoms with Gasteiger partial charge in [0.15, 0.2) is 0 Å². The molecule has 0 radical (unpaired) electrons. The van der Waals surface area contributed by atoms with Crippen molar-refractivity contribution < 1.29 is 4.74 Å². The lowest BCUT2D eigenvalue weighted by Crippen LogP contribution is -2.32. The molecule has 0 N–H and O–H groups in total. The van der Waals surface area contributed by atoms with Gasteiger partial charge in [-0.3, -0.25) is 0 Å². The number of hydrogen-bond donors (Lipinski definition) is 0. The van der Waals surface area contributed by atoms with Crippen molar-refractivity contribution in [2.75, 3.05) is 0 Å². The van der Waals surface area contributed by atoms with E-state index in [1.807, 2.05) is 13.0 Å². The van der Waals surface area contributed by atoms with Crippen LogP contribution in [0.4, 0.5) is 0 Å². The van der Waals surface area contributed by atoms with Gasteiger partial charge in [0, 0.05) is 27.2 Å². The van der Waals surface area contributed by atoms with E-state index < -0.39 is 15.8 Å². The van der Waals surface area contributed by atoms with Crippen LogP contribution in [0.1, 0.15) is 43.0 Å². The second-order valence-corrected chi connectivity index (χ2v) is 16.3. The minimum atomic E-state index is -0.948. The van der Waals surface area contributed by atoms with Crippen LogP contribution >= 0.6 is 15.8 Å². The van der Waals surface area contributed by atoms with Gasteiger partial charge >= 0.3 is 0 Å². The fourth-order valence-corrected chi connectivity index (χ4v) is 11.2. The van der Waals surface area contributed by atoms with Crippen LogP contribution in [0.5, 0.6) is 11.5 Å². The van der Waals surface area contributed by atoms with Crippen LogP contribution in [0, 0.1) is 13.8 Å². The van der Waals surface area contributed by atoms with Gasteiger partial charge in [0.05, 0.1) is 0 Å². The highest BCUT2D eigenvalue weighted by molar-refractivity contribution is 7.80. The minimum Gasteiger partial charge on any atom is -0.455 e. The molecule has 0 saturated carbocycles. The molecule has 3 heteroatoms. The summed E-state index contributed by atoms with van der Waals surface area (Å²) in [4.78, 5) is 0. The van der Waals surface area contributed by atoms with Crippen molar-refractivity contribution in [2.45, 2.75) is 40.0 Å². The molecule has 0 spiro atoms. The van der Waals surface area contributed by atoms with E-state index in [1.165, 1.54) is 48.8 Å². The summed E-state index contributed by atoms with van der Waals surface area (Å²) in [6.45, 7) is 15.8. The number of hydrogen-bond acceptors (Lipinski definition) is 1. The third kappa shape index (κ3) is 5.89. The summed E-state index contributed by atoms with van der Waals surface area (Å²) in [5.41, 5.74) is 4.76. The summed E-state index contributed by atoms with van der Waals surface area (Å²) in [6, 6.07) is 42.0. The smallest absolute Gasteiger partial charge is 0.139 e. The summed E-state index contributed by atoms with van der Waals surface area (Å²) in [5.74, 6) is 1.97. The third-order valence-electron chi connectivity index (χ3n) is 8.63. The lowest BCUT2D eigenvalue weighted by molar-refractivity contribution is 0.425. The Morgan fingerprint density at radius 2 is 1.16 bits per heavy atom. The number of benzene rings is 5. The topological polar surface area (TPSA) is 9.23 Å². The van der Waals surface area contributed by atoms with Crippen LogP contribution in [0.2, 0.25) is 0 Å². The summed E-state index contributed by atoms with van der Waals surface area (Å²) in [7, 11) is -1.81. The van der Waals surface area contributed by atoms with E-state index in [-0.39, 0.29) is 5.41 Å². The minimum absolute atomic E-state index is 0.257. The summed E-state index contributed by atoms with van der Waals surface area (Å²) in [5, 5.41) is 7.54. The van der Waals surface area contributed by atoms with Crippen molar-refractivity contribution in [2.24, 2.45) is 0 Å². The third-order valence-corrected chi connectivity index (χ3v) is 13.8. The number of para-hydroxylation sites is 2. The maximum Gasteiger partial charge on any atom is 0.139 e. The first-order valence-electron chi connectivity index (χ1n) is 15.5. The normalized spacial score (nSPS) is 14.9. The Morgan fingerprint density at radius 3 is 1.78 bits per heavy atom. The molecule has 0 bridgehead atoms. The number of allylic oxidation sites excluding steroid dienone is 5. The second-order valence-electron chi connectivity index (χ2n) is 12.0. The highest BCUT2D eigenvalue weighted by Gasteiger charge is 2.39. The molecule has 2 atom stereocenters. The van der Waals surface area contributed by atoms with Gasteiger partial charge in [0.25, 0.3) is 0 Å². The molecule has 1 aliphatic heterocycles. The molecule has 1 unspecified atom stereocenters. The molecular weight excluding hydrogens is 582 g/mol. The zero-order valence-electron chi connectivity index (χ0n) is 26.8. The van der Waals surface area contributed by atoms with Crippen molar-refractivity contribution in [3.63, 3.8) is 0 Å². The molecule has 1 nitrogen and oxygen atoms in total. The largest absolute Gasteiger partial charge is 0.455 e. The number of rotatable bonds is 8. The van der Waals surface area contributed by atoms with E-state index >= 15 is 0 Å². The van der Waals surface area contributed by atoms with Crippen LogP contribution < -0.4 is 31.3 Å². The Morgan fingerprint density at radius 1 is 0.622 bits per heavy atom. The Balaban J connectivity index is 1.58. The summed E-state index contributed by atoms with van der Waals surface area (Å²) < 4.78 is 7.31. The molecular formula is C42H40OP2. The highest BCUT2D eigenvalue weighted by Crippen LogP contribution is 2.54. The molecule has 224 valence electrons. The van der Waals surface area contributed by atoms with Gasteiger partial charge in [-0.05, 0) is 69.0 Å². The fourth-order valence-electron chi connectivity index (χ4n) is 6.25. The van der Waals surface area contributed by atoms with Crippen LogP contribution in [0.15, 0.2) is 151 Å². The molecule has 5 aromatic rings. The van der Waals surface area contributed by atoms with Crippen molar-refractivity contribution in [1.29, 1.82) is 0 Å². The lowest BCUT2D eigenvalue weighted by atomic mass is 9.76. The van der Waals surface area contributed by atoms with Gasteiger partial charge in [-0.1, -0.05) is 160 Å². The first-order chi connectivity index (χ1) is 21.8. The van der Waals surface area contributed by atoms with E-state index in [4.69, 9.17) is 4.74 Å². The quantitative estimate of drug-likeness (QED) is 0.124. The highest BCUT2D eigenvalue weighted by atomic mass is 31.1. The average molecular weight is 623 g/mol. The van der Waals surface area contributed by atoms with Crippen molar-refractivity contribution >= 4 is 42.4 Å². The fraction of sp³-hybridized carbons (Fsp3) is 0.143. The van der Waals surface area contributed by atoms with Gasteiger partial charge in [-0.2, -0.15) is 0 Å². The molecule has 0 aromatic heterocycles. The predicted octanol–water partition coefficient (Wildman–Crippen LogP) is 9.57. The first kappa shape index (κ1) is 31.0. The van der Waals surface area contributed by atoms with E-state index in [0.29, 0.717) is 0 Å². The molecule has 0 amide bonds. The Labute approximate surface area is 271 Å². The van der Waals surface area contributed by atoms with E-state index in [0.717, 1.165) is 16.8 Å². The Bertz CT molecular complexity index is 1920. The molecule has 5 aromatic carbocycles. The summed E-state index contributed by atoms with van der Waals surface area (Å²) >= 11 is 0.